The van der Waals surface area contributed by atoms with Crippen molar-refractivity contribution in [1.82, 2.24) is 9.55 Å². The summed E-state index contributed by atoms with van der Waals surface area (Å²) in [7, 11) is -4.18. The van der Waals surface area contributed by atoms with Gasteiger partial charge in [-0.2, -0.15) is 0 Å². The number of hydrogen-bond donors (Lipinski definition) is 1. The molecule has 0 aliphatic rings. The topological polar surface area (TPSA) is 92.5 Å². The Morgan fingerprint density at radius 3 is 2.17 bits per heavy atom. The number of imidazole rings is 1. The third kappa shape index (κ3) is 4.44. The van der Waals surface area contributed by atoms with Crippen LogP contribution in [0.4, 0.5) is 5.69 Å². The van der Waals surface area contributed by atoms with Crippen LogP contribution in [0.2, 0.25) is 5.02 Å². The molecule has 0 saturated heterocycles. The second-order valence-corrected chi connectivity index (χ2v) is 10.3. The minimum absolute atomic E-state index is 0.0620. The average molecular weight is 518 g/mol. The van der Waals surface area contributed by atoms with Crippen molar-refractivity contribution in [2.24, 2.45) is 0 Å². The average Bonchev–Trinajstić information content (AvgIpc) is 3.27. The van der Waals surface area contributed by atoms with E-state index in [9.17, 15) is 18.3 Å². The molecule has 4 aromatic carbocycles. The molecule has 0 bridgehead atoms. The zero-order valence-electron chi connectivity index (χ0n) is 18.8. The smallest absolute Gasteiger partial charge is 0.324 e. The van der Waals surface area contributed by atoms with E-state index in [1.165, 1.54) is 24.3 Å². The van der Waals surface area contributed by atoms with Gasteiger partial charge < -0.3 is 5.11 Å². The Hall–Kier alpha value is -4.14. The van der Waals surface area contributed by atoms with Crippen LogP contribution in [0, 0.1) is 0 Å². The van der Waals surface area contributed by atoms with E-state index in [0.29, 0.717) is 16.4 Å². The maximum atomic E-state index is 13.4. The van der Waals surface area contributed by atoms with Gasteiger partial charge in [-0.3, -0.25) is 13.7 Å². The molecule has 5 aromatic rings. The van der Waals surface area contributed by atoms with E-state index < -0.39 is 22.5 Å². The monoisotopic (exact) mass is 517 g/mol. The zero-order valence-corrected chi connectivity index (χ0v) is 20.4. The standard InChI is InChI=1S/C27H20ClN3O4S/c28-20-11-14-23(15-12-20)36(34,35)30(18-26(32)33)22-13-16-25-24(17-22)29-27(19-7-3-1-4-8-19)31(25)21-9-5-2-6-10-21/h1-17H,18H2,(H,32,33). The molecular weight excluding hydrogens is 498 g/mol. The van der Waals surface area contributed by atoms with Crippen molar-refractivity contribution >= 4 is 44.3 Å². The summed E-state index contributed by atoms with van der Waals surface area (Å²) in [5.41, 5.74) is 3.25. The van der Waals surface area contributed by atoms with Crippen LogP contribution in [-0.2, 0) is 14.8 Å². The van der Waals surface area contributed by atoms with Gasteiger partial charge in [0.1, 0.15) is 12.4 Å². The van der Waals surface area contributed by atoms with E-state index in [4.69, 9.17) is 16.6 Å². The molecular formula is C27H20ClN3O4S. The number of nitrogens with zero attached hydrogens (tertiary/aromatic N) is 3. The predicted molar refractivity (Wildman–Crippen MR) is 140 cm³/mol. The molecule has 180 valence electrons. The summed E-state index contributed by atoms with van der Waals surface area (Å²) in [6.07, 6.45) is 0. The number of carboxylic acids is 1. The Morgan fingerprint density at radius 2 is 1.53 bits per heavy atom. The van der Waals surface area contributed by atoms with Gasteiger partial charge in [0, 0.05) is 16.3 Å². The van der Waals surface area contributed by atoms with Gasteiger partial charge in [-0.25, -0.2) is 13.4 Å². The van der Waals surface area contributed by atoms with Crippen molar-refractivity contribution in [3.63, 3.8) is 0 Å². The molecule has 5 rings (SSSR count). The molecule has 0 radical (unpaired) electrons. The van der Waals surface area contributed by atoms with Gasteiger partial charge in [-0.1, -0.05) is 60.1 Å². The minimum atomic E-state index is -4.18. The lowest BCUT2D eigenvalue weighted by Gasteiger charge is -2.23. The molecule has 0 aliphatic heterocycles. The highest BCUT2D eigenvalue weighted by molar-refractivity contribution is 7.92. The van der Waals surface area contributed by atoms with Crippen molar-refractivity contribution in [3.8, 4) is 17.1 Å². The molecule has 0 unspecified atom stereocenters. The lowest BCUT2D eigenvalue weighted by atomic mass is 10.2. The van der Waals surface area contributed by atoms with Gasteiger partial charge in [-0.05, 0) is 54.6 Å². The number of anilines is 1. The molecule has 0 amide bonds. The normalized spacial score (nSPS) is 11.5. The number of aromatic nitrogens is 2. The predicted octanol–water partition coefficient (Wildman–Crippen LogP) is 5.63. The van der Waals surface area contributed by atoms with Crippen LogP contribution in [0.1, 0.15) is 0 Å². The summed E-state index contributed by atoms with van der Waals surface area (Å²) < 4.78 is 29.7. The fourth-order valence-electron chi connectivity index (χ4n) is 4.01. The summed E-state index contributed by atoms with van der Waals surface area (Å²) >= 11 is 5.91. The van der Waals surface area contributed by atoms with Crippen LogP contribution in [0.5, 0.6) is 0 Å². The number of para-hydroxylation sites is 1. The Bertz CT molecular complexity index is 1650. The van der Waals surface area contributed by atoms with E-state index in [-0.39, 0.29) is 10.6 Å². The Morgan fingerprint density at radius 1 is 0.889 bits per heavy atom. The van der Waals surface area contributed by atoms with Gasteiger partial charge in [0.15, 0.2) is 0 Å². The number of carboxylic acid groups (broad SMARTS) is 1. The van der Waals surface area contributed by atoms with Gasteiger partial charge >= 0.3 is 5.97 Å². The second-order valence-electron chi connectivity index (χ2n) is 8.00. The number of aliphatic carboxylic acids is 1. The van der Waals surface area contributed by atoms with Crippen LogP contribution >= 0.6 is 11.6 Å². The third-order valence-corrected chi connectivity index (χ3v) is 7.69. The summed E-state index contributed by atoms with van der Waals surface area (Å²) in [5.74, 6) is -0.605. The number of rotatable bonds is 7. The molecule has 1 aromatic heterocycles. The van der Waals surface area contributed by atoms with Crippen LogP contribution in [0.25, 0.3) is 28.1 Å². The Labute approximate surface area is 212 Å². The Balaban J connectivity index is 1.69. The van der Waals surface area contributed by atoms with Crippen LogP contribution in [-0.4, -0.2) is 35.6 Å². The van der Waals surface area contributed by atoms with Gasteiger partial charge in [0.25, 0.3) is 10.0 Å². The van der Waals surface area contributed by atoms with Crippen molar-refractivity contribution in [2.45, 2.75) is 4.90 Å². The molecule has 0 fully saturated rings. The second kappa shape index (κ2) is 9.49. The largest absolute Gasteiger partial charge is 0.480 e. The summed E-state index contributed by atoms with van der Waals surface area (Å²) in [4.78, 5) is 16.4. The quantitative estimate of drug-likeness (QED) is 0.302. The molecule has 36 heavy (non-hydrogen) atoms. The maximum Gasteiger partial charge on any atom is 0.324 e. The fourth-order valence-corrected chi connectivity index (χ4v) is 5.55. The first-order valence-corrected chi connectivity index (χ1v) is 12.8. The summed E-state index contributed by atoms with van der Waals surface area (Å²) in [6, 6.07) is 29.9. The Kier molecular flexibility index (Phi) is 6.22. The van der Waals surface area contributed by atoms with Crippen LogP contribution < -0.4 is 4.31 Å². The van der Waals surface area contributed by atoms with Crippen molar-refractivity contribution in [1.29, 1.82) is 0 Å². The molecule has 1 heterocycles. The minimum Gasteiger partial charge on any atom is -0.480 e. The highest BCUT2D eigenvalue weighted by atomic mass is 35.5. The molecule has 0 atom stereocenters. The first-order chi connectivity index (χ1) is 17.3. The third-order valence-electron chi connectivity index (χ3n) is 5.65. The molecule has 0 spiro atoms. The van der Waals surface area contributed by atoms with E-state index in [0.717, 1.165) is 21.1 Å². The summed E-state index contributed by atoms with van der Waals surface area (Å²) in [5, 5.41) is 9.89. The molecule has 7 nitrogen and oxygen atoms in total. The van der Waals surface area contributed by atoms with E-state index in [1.807, 2.05) is 65.2 Å². The fraction of sp³-hybridized carbons (Fsp3) is 0.0370. The van der Waals surface area contributed by atoms with Crippen LogP contribution in [0.15, 0.2) is 108 Å². The van der Waals surface area contributed by atoms with Crippen molar-refractivity contribution in [2.75, 3.05) is 10.8 Å². The van der Waals surface area contributed by atoms with E-state index in [2.05, 4.69) is 0 Å². The molecule has 0 aliphatic carbocycles. The SMILES string of the molecule is O=C(O)CN(c1ccc2c(c1)nc(-c1ccccc1)n2-c1ccccc1)S(=O)(=O)c1ccc(Cl)cc1. The van der Waals surface area contributed by atoms with E-state index >= 15 is 0 Å². The lowest BCUT2D eigenvalue weighted by molar-refractivity contribution is -0.135. The van der Waals surface area contributed by atoms with Gasteiger partial charge in [-0.15, -0.1) is 0 Å². The van der Waals surface area contributed by atoms with Crippen molar-refractivity contribution < 1.29 is 18.3 Å². The number of fused-ring (bicyclic) bond motifs is 1. The highest BCUT2D eigenvalue weighted by Crippen LogP contribution is 2.32. The van der Waals surface area contributed by atoms with Crippen molar-refractivity contribution in [3.05, 3.63) is 108 Å². The van der Waals surface area contributed by atoms with Crippen LogP contribution in [0.3, 0.4) is 0 Å². The maximum absolute atomic E-state index is 13.4. The lowest BCUT2D eigenvalue weighted by Crippen LogP contribution is -2.35. The highest BCUT2D eigenvalue weighted by Gasteiger charge is 2.28. The van der Waals surface area contributed by atoms with Gasteiger partial charge in [0.05, 0.1) is 21.6 Å². The number of sulfonamides is 1. The zero-order chi connectivity index (χ0) is 25.3. The van der Waals surface area contributed by atoms with E-state index in [1.54, 1.807) is 18.2 Å². The molecule has 0 saturated carbocycles. The number of carbonyl (C=O) groups is 1. The first-order valence-electron chi connectivity index (χ1n) is 11.0. The molecule has 9 heteroatoms. The van der Waals surface area contributed by atoms with Gasteiger partial charge in [0.2, 0.25) is 0 Å². The number of benzene rings is 4. The number of hydrogen-bond acceptors (Lipinski definition) is 4. The summed E-state index contributed by atoms with van der Waals surface area (Å²) in [6.45, 7) is -0.749. The first kappa shape index (κ1) is 23.6. The molecule has 1 N–H and O–H groups in total. The number of halogens is 1.